The summed E-state index contributed by atoms with van der Waals surface area (Å²) in [5, 5.41) is 5.51. The van der Waals surface area contributed by atoms with Gasteiger partial charge in [-0.1, -0.05) is 23.7 Å². The first-order chi connectivity index (χ1) is 11.4. The molecule has 3 N–H and O–H groups in total. The van der Waals surface area contributed by atoms with Gasteiger partial charge >= 0.3 is 6.09 Å². The van der Waals surface area contributed by atoms with Crippen LogP contribution in [0.5, 0.6) is 0 Å². The summed E-state index contributed by atoms with van der Waals surface area (Å²) in [5.74, 6) is -0.663. The smallest absolute Gasteiger partial charge is 0.414 e. The Kier molecular flexibility index (Phi) is 8.81. The van der Waals surface area contributed by atoms with Gasteiger partial charge in [0, 0.05) is 11.6 Å². The van der Waals surface area contributed by atoms with Crippen LogP contribution >= 0.6 is 11.6 Å². The monoisotopic (exact) mass is 356 g/mol. The van der Waals surface area contributed by atoms with E-state index in [0.29, 0.717) is 18.1 Å². The molecule has 0 aliphatic carbocycles. The van der Waals surface area contributed by atoms with Crippen molar-refractivity contribution in [1.29, 1.82) is 0 Å². The van der Waals surface area contributed by atoms with Crippen molar-refractivity contribution in [3.63, 3.8) is 0 Å². The summed E-state index contributed by atoms with van der Waals surface area (Å²) in [7, 11) is 0. The molecule has 1 atom stereocenters. The van der Waals surface area contributed by atoms with Gasteiger partial charge in [-0.2, -0.15) is 0 Å². The van der Waals surface area contributed by atoms with Crippen LogP contribution in [0.3, 0.4) is 0 Å². The molecule has 8 heteroatoms. The maximum atomic E-state index is 12.0. The number of alkyl carbamates (subject to hydrolysis) is 1. The normalized spacial score (nSPS) is 11.5. The van der Waals surface area contributed by atoms with Crippen molar-refractivity contribution in [3.05, 3.63) is 34.9 Å². The molecule has 0 saturated heterocycles. The number of hydrogen-bond donors (Lipinski definition) is 3. The van der Waals surface area contributed by atoms with Gasteiger partial charge in [-0.05, 0) is 31.5 Å². The van der Waals surface area contributed by atoms with E-state index in [4.69, 9.17) is 11.6 Å². The number of nitrogens with one attached hydrogen (secondary N) is 3. The zero-order chi connectivity index (χ0) is 17.9. The molecule has 7 nitrogen and oxygen atoms in total. The molecule has 0 fully saturated rings. The van der Waals surface area contributed by atoms with E-state index < -0.39 is 12.0 Å². The zero-order valence-electron chi connectivity index (χ0n) is 13.9. The van der Waals surface area contributed by atoms with E-state index >= 15 is 0 Å². The molecule has 0 heterocycles. The predicted molar refractivity (Wildman–Crippen MR) is 89.7 cm³/mol. The summed E-state index contributed by atoms with van der Waals surface area (Å²) < 4.78 is 4.64. The van der Waals surface area contributed by atoms with Gasteiger partial charge in [0.15, 0.2) is 13.1 Å². The fraction of sp³-hybridized carbons (Fsp3) is 0.438. The van der Waals surface area contributed by atoms with Crippen LogP contribution in [0.15, 0.2) is 24.3 Å². The number of carbonyl (C=O) groups excluding carboxylic acids is 3. The Balaban J connectivity index is 2.39. The lowest BCUT2D eigenvalue weighted by atomic mass is 10.2. The summed E-state index contributed by atoms with van der Waals surface area (Å²) in [5.41, 5.74) is 0.897. The second-order valence-corrected chi connectivity index (χ2v) is 5.57. The Morgan fingerprint density at radius 3 is 2.50 bits per heavy atom. The average Bonchev–Trinajstić information content (AvgIpc) is 2.52. The summed E-state index contributed by atoms with van der Waals surface area (Å²) >= 11 is 5.89. The maximum absolute atomic E-state index is 12.0. The lowest BCUT2D eigenvalue weighted by Gasteiger charge is -2.16. The SMILES string of the molecule is CCOC(=O)NC(=O)C[NH+](CC)CC(=O)NCc1cccc(Cl)c1. The van der Waals surface area contributed by atoms with Crippen LogP contribution in [0.25, 0.3) is 0 Å². The molecule has 0 aromatic heterocycles. The van der Waals surface area contributed by atoms with Crippen LogP contribution in [-0.4, -0.2) is 44.1 Å². The number of hydrogen-bond acceptors (Lipinski definition) is 4. The first-order valence-electron chi connectivity index (χ1n) is 7.75. The number of halogens is 1. The van der Waals surface area contributed by atoms with Crippen molar-refractivity contribution in [1.82, 2.24) is 10.6 Å². The van der Waals surface area contributed by atoms with Gasteiger partial charge in [0.1, 0.15) is 0 Å². The highest BCUT2D eigenvalue weighted by Gasteiger charge is 2.18. The fourth-order valence-corrected chi connectivity index (χ4v) is 2.21. The Bertz CT molecular complexity index is 580. The standard InChI is InChI=1S/C16H22ClN3O4/c1-3-20(11-15(22)19-16(23)24-4-2)10-14(21)18-9-12-6-5-7-13(17)8-12/h5-8H,3-4,9-11H2,1-2H3,(H,18,21)(H,19,22,23)/p+1. The van der Waals surface area contributed by atoms with Gasteiger partial charge in [-0.25, -0.2) is 4.79 Å². The molecular weight excluding hydrogens is 334 g/mol. The Hall–Kier alpha value is -2.12. The van der Waals surface area contributed by atoms with E-state index in [9.17, 15) is 14.4 Å². The van der Waals surface area contributed by atoms with Crippen molar-refractivity contribution in [3.8, 4) is 0 Å². The van der Waals surface area contributed by atoms with E-state index in [1.165, 1.54) is 0 Å². The van der Waals surface area contributed by atoms with Crippen molar-refractivity contribution in [2.45, 2.75) is 20.4 Å². The number of rotatable bonds is 8. The number of ether oxygens (including phenoxy) is 1. The fourth-order valence-electron chi connectivity index (χ4n) is 2.00. The highest BCUT2D eigenvalue weighted by molar-refractivity contribution is 6.30. The first kappa shape index (κ1) is 19.9. The van der Waals surface area contributed by atoms with E-state index in [0.717, 1.165) is 10.5 Å². The first-order valence-corrected chi connectivity index (χ1v) is 8.13. The molecule has 1 unspecified atom stereocenters. The van der Waals surface area contributed by atoms with Crippen LogP contribution in [0.2, 0.25) is 5.02 Å². The van der Waals surface area contributed by atoms with Crippen LogP contribution < -0.4 is 15.5 Å². The highest BCUT2D eigenvalue weighted by atomic mass is 35.5. The third-order valence-electron chi connectivity index (χ3n) is 3.22. The molecule has 0 spiro atoms. The molecule has 3 amide bonds. The summed E-state index contributed by atoms with van der Waals surface area (Å²) in [6, 6.07) is 7.22. The lowest BCUT2D eigenvalue weighted by molar-refractivity contribution is -0.881. The molecule has 132 valence electrons. The van der Waals surface area contributed by atoms with Gasteiger partial charge < -0.3 is 15.0 Å². The molecular formula is C16H23ClN3O4+. The van der Waals surface area contributed by atoms with E-state index in [-0.39, 0.29) is 25.6 Å². The lowest BCUT2D eigenvalue weighted by Crippen LogP contribution is -3.14. The van der Waals surface area contributed by atoms with E-state index in [2.05, 4.69) is 15.4 Å². The third kappa shape index (κ3) is 7.94. The van der Waals surface area contributed by atoms with Crippen LogP contribution in [-0.2, 0) is 20.9 Å². The molecule has 0 bridgehead atoms. The quantitative estimate of drug-likeness (QED) is 0.618. The maximum Gasteiger partial charge on any atom is 0.414 e. The second-order valence-electron chi connectivity index (χ2n) is 5.13. The van der Waals surface area contributed by atoms with Crippen molar-refractivity contribution in [2.75, 3.05) is 26.2 Å². The number of likely N-dealkylation sites (N-methyl/N-ethyl adjacent to an activating group) is 1. The molecule has 0 aliphatic heterocycles. The number of benzene rings is 1. The van der Waals surface area contributed by atoms with Crippen LogP contribution in [0, 0.1) is 0 Å². The summed E-state index contributed by atoms with van der Waals surface area (Å²) in [6.45, 7) is 4.78. The number of imide groups is 1. The summed E-state index contributed by atoms with van der Waals surface area (Å²) in [6.07, 6.45) is -0.775. The second kappa shape index (κ2) is 10.6. The minimum Gasteiger partial charge on any atom is -0.450 e. The molecule has 0 saturated carbocycles. The average molecular weight is 357 g/mol. The van der Waals surface area contributed by atoms with Gasteiger partial charge in [-0.15, -0.1) is 0 Å². The minimum atomic E-state index is -0.775. The van der Waals surface area contributed by atoms with Crippen LogP contribution in [0.4, 0.5) is 4.79 Å². The Morgan fingerprint density at radius 1 is 1.17 bits per heavy atom. The summed E-state index contributed by atoms with van der Waals surface area (Å²) in [4.78, 5) is 35.6. The van der Waals surface area contributed by atoms with Gasteiger partial charge in [0.2, 0.25) is 0 Å². The molecule has 0 aliphatic rings. The number of quaternary nitrogens is 1. The number of carbonyl (C=O) groups is 3. The van der Waals surface area contributed by atoms with E-state index in [1.54, 1.807) is 19.1 Å². The van der Waals surface area contributed by atoms with Crippen LogP contribution in [0.1, 0.15) is 19.4 Å². The minimum absolute atomic E-state index is 0.0138. The molecule has 1 aromatic rings. The van der Waals surface area contributed by atoms with Gasteiger partial charge in [0.25, 0.3) is 11.8 Å². The van der Waals surface area contributed by atoms with Gasteiger partial charge in [-0.3, -0.25) is 14.9 Å². The number of amides is 3. The van der Waals surface area contributed by atoms with Crippen molar-refractivity contribution in [2.24, 2.45) is 0 Å². The topological polar surface area (TPSA) is 88.9 Å². The molecule has 1 rings (SSSR count). The van der Waals surface area contributed by atoms with E-state index in [1.807, 2.05) is 19.1 Å². The Morgan fingerprint density at radius 2 is 1.88 bits per heavy atom. The van der Waals surface area contributed by atoms with Gasteiger partial charge in [0.05, 0.1) is 13.2 Å². The zero-order valence-corrected chi connectivity index (χ0v) is 14.6. The molecule has 24 heavy (non-hydrogen) atoms. The third-order valence-corrected chi connectivity index (χ3v) is 3.45. The largest absolute Gasteiger partial charge is 0.450 e. The van der Waals surface area contributed by atoms with Crippen molar-refractivity contribution >= 4 is 29.5 Å². The Labute approximate surface area is 146 Å². The molecule has 1 aromatic carbocycles. The molecule has 0 radical (unpaired) electrons. The highest BCUT2D eigenvalue weighted by Crippen LogP contribution is 2.09. The predicted octanol–water partition coefficient (Wildman–Crippen LogP) is 0.134. The van der Waals surface area contributed by atoms with Crippen molar-refractivity contribution < 1.29 is 24.0 Å².